The molecule has 0 aliphatic rings. The standard InChI is InChI=1S/C4H9.3CH3O.Zr/c1-3-4-2;3*1-2;/h1,3-4H2,2H3;3*1H3;/q;3*-1;+3. The molecule has 4 heteroatoms. The van der Waals surface area contributed by atoms with Crippen molar-refractivity contribution in [2.24, 2.45) is 0 Å². The molecule has 0 radical (unpaired) electrons. The van der Waals surface area contributed by atoms with Gasteiger partial charge in [0.2, 0.25) is 0 Å². The van der Waals surface area contributed by atoms with Crippen molar-refractivity contribution in [3.8, 4) is 0 Å². The molecule has 0 saturated heterocycles. The van der Waals surface area contributed by atoms with Crippen molar-refractivity contribution in [2.75, 3.05) is 21.3 Å². The predicted octanol–water partition coefficient (Wildman–Crippen LogP) is 2.04. The maximum absolute atomic E-state index is 5.30. The van der Waals surface area contributed by atoms with E-state index in [1.54, 1.807) is 21.3 Å². The molecule has 11 heavy (non-hydrogen) atoms. The van der Waals surface area contributed by atoms with Crippen molar-refractivity contribution in [1.29, 1.82) is 0 Å². The zero-order valence-corrected chi connectivity index (χ0v) is 10.3. The average molecular weight is 241 g/mol. The van der Waals surface area contributed by atoms with Gasteiger partial charge in [-0.3, -0.25) is 0 Å². The SMILES string of the molecule is CCC[CH2][Zr]([O]C)([O]C)[O]C. The monoisotopic (exact) mass is 240 g/mol. The van der Waals surface area contributed by atoms with Gasteiger partial charge in [0.1, 0.15) is 0 Å². The Labute approximate surface area is 75.3 Å². The van der Waals surface area contributed by atoms with Crippen LogP contribution in [-0.4, -0.2) is 21.3 Å². The second kappa shape index (κ2) is 6.30. The number of rotatable bonds is 6. The minimum absolute atomic E-state index is 0.981. The Hall–Kier alpha value is 0.763. The van der Waals surface area contributed by atoms with Crippen molar-refractivity contribution in [2.45, 2.75) is 23.9 Å². The second-order valence-corrected chi connectivity index (χ2v) is 10.00. The molecule has 0 rings (SSSR count). The topological polar surface area (TPSA) is 27.7 Å². The summed E-state index contributed by atoms with van der Waals surface area (Å²) in [7, 11) is 5.04. The van der Waals surface area contributed by atoms with E-state index in [-0.39, 0.29) is 0 Å². The average Bonchev–Trinajstić information content (AvgIpc) is 2.08. The van der Waals surface area contributed by atoms with Crippen molar-refractivity contribution >= 4 is 0 Å². The summed E-state index contributed by atoms with van der Waals surface area (Å²) in [5.41, 5.74) is 0. The fourth-order valence-corrected chi connectivity index (χ4v) is 5.62. The van der Waals surface area contributed by atoms with Crippen LogP contribution in [0.25, 0.3) is 0 Å². The van der Waals surface area contributed by atoms with Crippen molar-refractivity contribution in [3.05, 3.63) is 0 Å². The van der Waals surface area contributed by atoms with E-state index < -0.39 is 21.6 Å². The van der Waals surface area contributed by atoms with E-state index in [1.165, 1.54) is 0 Å². The van der Waals surface area contributed by atoms with E-state index in [0.29, 0.717) is 0 Å². The molecule has 0 aliphatic heterocycles. The summed E-state index contributed by atoms with van der Waals surface area (Å²) in [6, 6.07) is 0. The van der Waals surface area contributed by atoms with Gasteiger partial charge in [0.15, 0.2) is 0 Å². The molecule has 0 spiro atoms. The molecule has 0 aromatic rings. The van der Waals surface area contributed by atoms with Gasteiger partial charge in [-0.05, 0) is 0 Å². The van der Waals surface area contributed by atoms with Crippen LogP contribution in [0, 0.1) is 0 Å². The van der Waals surface area contributed by atoms with Gasteiger partial charge in [-0.25, -0.2) is 0 Å². The summed E-state index contributed by atoms with van der Waals surface area (Å²) in [5, 5.41) is 0. The zero-order chi connectivity index (χ0) is 8.74. The van der Waals surface area contributed by atoms with Crippen LogP contribution >= 0.6 is 0 Å². The summed E-state index contributed by atoms with van der Waals surface area (Å²) in [4.78, 5) is 0. The molecular weight excluding hydrogens is 223 g/mol. The normalized spacial score (nSPS) is 12.0. The van der Waals surface area contributed by atoms with Crippen LogP contribution in [0.5, 0.6) is 0 Å². The number of hydrogen-bond acceptors (Lipinski definition) is 3. The van der Waals surface area contributed by atoms with E-state index in [0.717, 1.165) is 17.0 Å². The van der Waals surface area contributed by atoms with Gasteiger partial charge in [0.25, 0.3) is 0 Å². The summed E-state index contributed by atoms with van der Waals surface area (Å²) in [6.45, 7) is 2.15. The summed E-state index contributed by atoms with van der Waals surface area (Å²) < 4.78 is 16.9. The van der Waals surface area contributed by atoms with Crippen LogP contribution in [0.2, 0.25) is 4.13 Å². The molecular formula is C7H18O3Zr. The third-order valence-electron chi connectivity index (χ3n) is 1.77. The maximum atomic E-state index is 5.30. The van der Waals surface area contributed by atoms with Crippen LogP contribution < -0.4 is 0 Å². The van der Waals surface area contributed by atoms with Crippen molar-refractivity contribution in [1.82, 2.24) is 0 Å². The van der Waals surface area contributed by atoms with Crippen molar-refractivity contribution in [3.63, 3.8) is 0 Å². The third-order valence-corrected chi connectivity index (χ3v) is 8.73. The second-order valence-electron chi connectivity index (χ2n) is 2.40. The van der Waals surface area contributed by atoms with Gasteiger partial charge >= 0.3 is 75.3 Å². The number of hydrogen-bond donors (Lipinski definition) is 0. The van der Waals surface area contributed by atoms with E-state index in [1.807, 2.05) is 0 Å². The molecule has 0 N–H and O–H groups in total. The Morgan fingerprint density at radius 3 is 1.73 bits per heavy atom. The first-order chi connectivity index (χ1) is 5.24. The minimum atomic E-state index is -2.96. The molecule has 0 amide bonds. The van der Waals surface area contributed by atoms with Gasteiger partial charge in [-0.1, -0.05) is 0 Å². The molecule has 0 aromatic heterocycles. The van der Waals surface area contributed by atoms with E-state index >= 15 is 0 Å². The van der Waals surface area contributed by atoms with Crippen LogP contribution in [0.15, 0.2) is 0 Å². The molecule has 0 atom stereocenters. The molecule has 0 bridgehead atoms. The first-order valence-electron chi connectivity index (χ1n) is 3.90. The molecule has 0 fully saturated rings. The Bertz CT molecular complexity index is 85.4. The molecule has 68 valence electrons. The predicted molar refractivity (Wildman–Crippen MR) is 40.7 cm³/mol. The van der Waals surface area contributed by atoms with Gasteiger partial charge in [0.05, 0.1) is 0 Å². The third kappa shape index (κ3) is 3.79. The van der Waals surface area contributed by atoms with E-state index in [9.17, 15) is 0 Å². The summed E-state index contributed by atoms with van der Waals surface area (Å²) >= 11 is -2.96. The summed E-state index contributed by atoms with van der Waals surface area (Å²) in [5.74, 6) is 0. The van der Waals surface area contributed by atoms with E-state index in [4.69, 9.17) is 8.44 Å². The molecule has 0 aromatic carbocycles. The van der Waals surface area contributed by atoms with Gasteiger partial charge in [-0.2, -0.15) is 0 Å². The Balaban J connectivity index is 3.84. The van der Waals surface area contributed by atoms with Crippen LogP contribution in [0.1, 0.15) is 19.8 Å². The van der Waals surface area contributed by atoms with Crippen LogP contribution in [0.3, 0.4) is 0 Å². The Morgan fingerprint density at radius 1 is 1.00 bits per heavy atom. The van der Waals surface area contributed by atoms with E-state index in [2.05, 4.69) is 6.92 Å². The van der Waals surface area contributed by atoms with Crippen LogP contribution in [-0.2, 0) is 30.0 Å². The molecule has 0 unspecified atom stereocenters. The molecule has 3 nitrogen and oxygen atoms in total. The first-order valence-corrected chi connectivity index (χ1v) is 8.65. The van der Waals surface area contributed by atoms with Crippen LogP contribution in [0.4, 0.5) is 0 Å². The fraction of sp³-hybridized carbons (Fsp3) is 1.00. The first kappa shape index (κ1) is 11.8. The van der Waals surface area contributed by atoms with Gasteiger partial charge < -0.3 is 0 Å². The zero-order valence-electron chi connectivity index (χ0n) is 7.85. The Kier molecular flexibility index (Phi) is 6.73. The number of unbranched alkanes of at least 4 members (excludes halogenated alkanes) is 1. The van der Waals surface area contributed by atoms with Gasteiger partial charge in [0, 0.05) is 0 Å². The molecule has 0 heterocycles. The molecule has 0 saturated carbocycles. The fourth-order valence-electron chi connectivity index (χ4n) is 0.949. The quantitative estimate of drug-likeness (QED) is 0.712. The van der Waals surface area contributed by atoms with Gasteiger partial charge in [-0.15, -0.1) is 0 Å². The molecule has 0 aliphatic carbocycles. The summed E-state index contributed by atoms with van der Waals surface area (Å²) in [6.07, 6.45) is 2.29. The Morgan fingerprint density at radius 2 is 1.45 bits per heavy atom. The van der Waals surface area contributed by atoms with Crippen molar-refractivity contribution < 1.29 is 30.0 Å².